The fourth-order valence-corrected chi connectivity index (χ4v) is 2.83. The highest BCUT2D eigenvalue weighted by Gasteiger charge is 2.30. The van der Waals surface area contributed by atoms with Crippen LogP contribution in [0.5, 0.6) is 0 Å². The summed E-state index contributed by atoms with van der Waals surface area (Å²) in [7, 11) is 1.67. The molecule has 1 aliphatic rings. The summed E-state index contributed by atoms with van der Waals surface area (Å²) in [5.41, 5.74) is 1.05. The molecule has 2 aromatic heterocycles. The van der Waals surface area contributed by atoms with E-state index >= 15 is 0 Å². The number of carbonyl (C=O) groups excluding carboxylic acids is 1. The number of amides is 1. The standard InChI is InChI=1S/C15H19N3O3/c1-11-15-16-9-12(10-20-2)18(15)6-5-17(11)14(19)8-13-4-3-7-21-13/h3-4,7,9,11H,5-6,8,10H2,1-2H3. The molecule has 1 unspecified atom stereocenters. The third-order valence-corrected chi connectivity index (χ3v) is 3.89. The number of rotatable bonds is 4. The van der Waals surface area contributed by atoms with Gasteiger partial charge in [0.25, 0.3) is 0 Å². The monoisotopic (exact) mass is 289 g/mol. The van der Waals surface area contributed by atoms with E-state index in [1.807, 2.05) is 24.1 Å². The zero-order valence-corrected chi connectivity index (χ0v) is 12.3. The smallest absolute Gasteiger partial charge is 0.230 e. The Kier molecular flexibility index (Phi) is 3.79. The van der Waals surface area contributed by atoms with Crippen LogP contribution in [0.25, 0.3) is 0 Å². The Morgan fingerprint density at radius 1 is 1.52 bits per heavy atom. The van der Waals surface area contributed by atoms with E-state index in [1.54, 1.807) is 19.4 Å². The highest BCUT2D eigenvalue weighted by Crippen LogP contribution is 2.26. The molecule has 0 fully saturated rings. The van der Waals surface area contributed by atoms with Gasteiger partial charge in [-0.15, -0.1) is 0 Å². The zero-order valence-electron chi connectivity index (χ0n) is 12.3. The fraction of sp³-hybridized carbons (Fsp3) is 0.467. The Labute approximate surface area is 123 Å². The first-order valence-corrected chi connectivity index (χ1v) is 7.05. The van der Waals surface area contributed by atoms with E-state index in [4.69, 9.17) is 9.15 Å². The van der Waals surface area contributed by atoms with Gasteiger partial charge in [0, 0.05) is 20.2 Å². The first-order valence-electron chi connectivity index (χ1n) is 7.05. The molecule has 2 aromatic rings. The summed E-state index contributed by atoms with van der Waals surface area (Å²) in [6.45, 7) is 3.98. The largest absolute Gasteiger partial charge is 0.469 e. The molecule has 21 heavy (non-hydrogen) atoms. The van der Waals surface area contributed by atoms with Crippen molar-refractivity contribution >= 4 is 5.91 Å². The van der Waals surface area contributed by atoms with Gasteiger partial charge in [-0.05, 0) is 19.1 Å². The number of ether oxygens (including phenoxy) is 1. The van der Waals surface area contributed by atoms with Crippen LogP contribution in [0.2, 0.25) is 0 Å². The predicted molar refractivity (Wildman–Crippen MR) is 75.5 cm³/mol. The number of nitrogens with zero attached hydrogens (tertiary/aromatic N) is 3. The van der Waals surface area contributed by atoms with Crippen molar-refractivity contribution < 1.29 is 13.9 Å². The third-order valence-electron chi connectivity index (χ3n) is 3.89. The van der Waals surface area contributed by atoms with Crippen molar-refractivity contribution in [2.75, 3.05) is 13.7 Å². The molecule has 0 saturated carbocycles. The summed E-state index contributed by atoms with van der Waals surface area (Å²) < 4.78 is 12.6. The van der Waals surface area contributed by atoms with Crippen LogP contribution in [0.4, 0.5) is 0 Å². The van der Waals surface area contributed by atoms with Crippen LogP contribution in [0.3, 0.4) is 0 Å². The first kappa shape index (κ1) is 13.9. The van der Waals surface area contributed by atoms with Crippen molar-refractivity contribution in [3.05, 3.63) is 41.9 Å². The summed E-state index contributed by atoms with van der Waals surface area (Å²) in [6.07, 6.45) is 3.71. The van der Waals surface area contributed by atoms with Crippen molar-refractivity contribution in [3.8, 4) is 0 Å². The zero-order chi connectivity index (χ0) is 14.8. The van der Waals surface area contributed by atoms with E-state index in [0.717, 1.165) is 18.1 Å². The second kappa shape index (κ2) is 5.73. The van der Waals surface area contributed by atoms with Crippen LogP contribution >= 0.6 is 0 Å². The molecule has 1 aliphatic heterocycles. The van der Waals surface area contributed by atoms with Crippen molar-refractivity contribution in [2.24, 2.45) is 0 Å². The molecule has 1 amide bonds. The number of methoxy groups -OCH3 is 1. The number of carbonyl (C=O) groups is 1. The van der Waals surface area contributed by atoms with Crippen LogP contribution in [-0.2, 0) is 29.1 Å². The van der Waals surface area contributed by atoms with Gasteiger partial charge < -0.3 is 18.6 Å². The van der Waals surface area contributed by atoms with Crippen LogP contribution in [-0.4, -0.2) is 34.0 Å². The highest BCUT2D eigenvalue weighted by atomic mass is 16.5. The lowest BCUT2D eigenvalue weighted by Gasteiger charge is -2.34. The first-order chi connectivity index (χ1) is 10.2. The summed E-state index contributed by atoms with van der Waals surface area (Å²) in [5, 5.41) is 0. The van der Waals surface area contributed by atoms with E-state index in [9.17, 15) is 4.79 Å². The van der Waals surface area contributed by atoms with Gasteiger partial charge >= 0.3 is 0 Å². The van der Waals surface area contributed by atoms with E-state index in [1.165, 1.54) is 0 Å². The number of imidazole rings is 1. The van der Waals surface area contributed by atoms with Gasteiger partial charge in [-0.2, -0.15) is 0 Å². The van der Waals surface area contributed by atoms with E-state index < -0.39 is 0 Å². The van der Waals surface area contributed by atoms with Crippen LogP contribution in [0.1, 0.15) is 30.2 Å². The van der Waals surface area contributed by atoms with Gasteiger partial charge in [0.1, 0.15) is 11.6 Å². The molecular weight excluding hydrogens is 270 g/mol. The van der Waals surface area contributed by atoms with Gasteiger partial charge in [0.2, 0.25) is 5.91 Å². The molecular formula is C15H19N3O3. The van der Waals surface area contributed by atoms with Crippen molar-refractivity contribution in [3.63, 3.8) is 0 Å². The van der Waals surface area contributed by atoms with E-state index in [0.29, 0.717) is 25.3 Å². The Hall–Kier alpha value is -2.08. The van der Waals surface area contributed by atoms with Gasteiger partial charge in [0.05, 0.1) is 37.2 Å². The maximum atomic E-state index is 12.4. The molecule has 0 N–H and O–H groups in total. The Balaban J connectivity index is 1.76. The fourth-order valence-electron chi connectivity index (χ4n) is 2.83. The summed E-state index contributed by atoms with van der Waals surface area (Å²) in [4.78, 5) is 18.7. The molecule has 6 heteroatoms. The molecule has 3 heterocycles. The maximum Gasteiger partial charge on any atom is 0.230 e. The molecule has 3 rings (SSSR count). The summed E-state index contributed by atoms with van der Waals surface area (Å²) >= 11 is 0. The van der Waals surface area contributed by atoms with Gasteiger partial charge in [-0.25, -0.2) is 4.98 Å². The number of aromatic nitrogens is 2. The van der Waals surface area contributed by atoms with Crippen LogP contribution in [0.15, 0.2) is 29.0 Å². The van der Waals surface area contributed by atoms with Crippen molar-refractivity contribution in [1.82, 2.24) is 14.5 Å². The SMILES string of the molecule is COCc1cnc2n1CCN(C(=O)Cc1ccco1)C2C. The average Bonchev–Trinajstić information content (AvgIpc) is 3.10. The normalized spacial score (nSPS) is 17.8. The predicted octanol–water partition coefficient (Wildman–Crippen LogP) is 1.77. The molecule has 0 aliphatic carbocycles. The lowest BCUT2D eigenvalue weighted by atomic mass is 10.1. The van der Waals surface area contributed by atoms with Gasteiger partial charge in [-0.1, -0.05) is 0 Å². The molecule has 1 atom stereocenters. The lowest BCUT2D eigenvalue weighted by Crippen LogP contribution is -2.42. The molecule has 112 valence electrons. The quantitative estimate of drug-likeness (QED) is 0.860. The molecule has 0 radical (unpaired) electrons. The summed E-state index contributed by atoms with van der Waals surface area (Å²) in [6, 6.07) is 3.59. The molecule has 6 nitrogen and oxygen atoms in total. The minimum Gasteiger partial charge on any atom is -0.469 e. The lowest BCUT2D eigenvalue weighted by molar-refractivity contribution is -0.134. The minimum absolute atomic E-state index is 0.0354. The number of hydrogen-bond donors (Lipinski definition) is 0. The third kappa shape index (κ3) is 2.58. The topological polar surface area (TPSA) is 60.5 Å². The summed E-state index contributed by atoms with van der Waals surface area (Å²) in [5.74, 6) is 1.68. The number of furan rings is 1. The number of fused-ring (bicyclic) bond motifs is 1. The highest BCUT2D eigenvalue weighted by molar-refractivity contribution is 5.78. The Bertz CT molecular complexity index is 618. The van der Waals surface area contributed by atoms with E-state index in [2.05, 4.69) is 9.55 Å². The van der Waals surface area contributed by atoms with E-state index in [-0.39, 0.29) is 11.9 Å². The van der Waals surface area contributed by atoms with Crippen LogP contribution in [0, 0.1) is 0 Å². The maximum absolute atomic E-state index is 12.4. The minimum atomic E-state index is -0.0354. The Morgan fingerprint density at radius 3 is 3.10 bits per heavy atom. The van der Waals surface area contributed by atoms with Crippen molar-refractivity contribution in [2.45, 2.75) is 32.5 Å². The second-order valence-electron chi connectivity index (χ2n) is 5.21. The molecule has 0 saturated heterocycles. The van der Waals surface area contributed by atoms with Crippen molar-refractivity contribution in [1.29, 1.82) is 0 Å². The molecule has 0 aromatic carbocycles. The van der Waals surface area contributed by atoms with Gasteiger partial charge in [-0.3, -0.25) is 4.79 Å². The average molecular weight is 289 g/mol. The Morgan fingerprint density at radius 2 is 2.38 bits per heavy atom. The van der Waals surface area contributed by atoms with Crippen LogP contribution < -0.4 is 0 Å². The second-order valence-corrected chi connectivity index (χ2v) is 5.21. The van der Waals surface area contributed by atoms with Gasteiger partial charge in [0.15, 0.2) is 0 Å². The molecule has 0 spiro atoms. The molecule has 0 bridgehead atoms. The number of hydrogen-bond acceptors (Lipinski definition) is 4.